The maximum Gasteiger partial charge on any atom is 0.253 e. The van der Waals surface area contributed by atoms with Crippen LogP contribution in [0.5, 0.6) is 0 Å². The fourth-order valence-electron chi connectivity index (χ4n) is 2.76. The van der Waals surface area contributed by atoms with Gasteiger partial charge in [-0.05, 0) is 41.8 Å². The molecule has 5 nitrogen and oxygen atoms in total. The van der Waals surface area contributed by atoms with Crippen molar-refractivity contribution in [2.24, 2.45) is 4.99 Å². The number of amides is 1. The summed E-state index contributed by atoms with van der Waals surface area (Å²) < 4.78 is 1.08. The monoisotopic (exact) mass is 430 g/mol. The number of aliphatic imine (C=N–C) groups is 1. The molecule has 0 aliphatic heterocycles. The lowest BCUT2D eigenvalue weighted by Gasteiger charge is -2.22. The summed E-state index contributed by atoms with van der Waals surface area (Å²) in [4.78, 5) is 20.1. The van der Waals surface area contributed by atoms with Gasteiger partial charge in [-0.1, -0.05) is 40.2 Å². The Morgan fingerprint density at radius 2 is 1.78 bits per heavy atom. The first-order valence-electron chi connectivity index (χ1n) is 8.87. The summed E-state index contributed by atoms with van der Waals surface area (Å²) in [6, 6.07) is 16.1. The van der Waals surface area contributed by atoms with E-state index in [1.54, 1.807) is 26.0 Å². The summed E-state index contributed by atoms with van der Waals surface area (Å²) in [6.45, 7) is 1.52. The number of rotatable bonds is 6. The molecule has 0 aliphatic carbocycles. The van der Waals surface area contributed by atoms with E-state index in [-0.39, 0.29) is 5.91 Å². The summed E-state index contributed by atoms with van der Waals surface area (Å²) in [6.07, 6.45) is 0.819. The highest BCUT2D eigenvalue weighted by Crippen LogP contribution is 2.12. The van der Waals surface area contributed by atoms with Crippen LogP contribution < -0.4 is 5.32 Å². The molecule has 0 saturated carbocycles. The van der Waals surface area contributed by atoms with Crippen LogP contribution in [0.1, 0.15) is 21.5 Å². The second-order valence-corrected chi connectivity index (χ2v) is 7.52. The van der Waals surface area contributed by atoms with Crippen LogP contribution in [0, 0.1) is 0 Å². The van der Waals surface area contributed by atoms with Crippen LogP contribution in [0.3, 0.4) is 0 Å². The standard InChI is InChI=1S/C21H27BrN4O/c1-23-21(26(4)15-17-8-10-19(22)11-9-17)24-13-12-16-6-5-7-18(14-16)20(27)25(2)3/h5-11,14H,12-13,15H2,1-4H3,(H,23,24). The molecule has 0 radical (unpaired) electrons. The summed E-state index contributed by atoms with van der Waals surface area (Å²) in [5.41, 5.74) is 3.06. The largest absolute Gasteiger partial charge is 0.356 e. The molecule has 1 amide bonds. The summed E-state index contributed by atoms with van der Waals surface area (Å²) >= 11 is 3.46. The van der Waals surface area contributed by atoms with E-state index < -0.39 is 0 Å². The van der Waals surface area contributed by atoms with Crippen LogP contribution in [0.25, 0.3) is 0 Å². The van der Waals surface area contributed by atoms with Crippen molar-refractivity contribution in [3.05, 3.63) is 69.7 Å². The second-order valence-electron chi connectivity index (χ2n) is 6.61. The maximum atomic E-state index is 12.1. The van der Waals surface area contributed by atoms with Crippen LogP contribution in [0.15, 0.2) is 58.0 Å². The van der Waals surface area contributed by atoms with E-state index in [2.05, 4.69) is 43.3 Å². The number of nitrogens with zero attached hydrogens (tertiary/aromatic N) is 3. The number of carbonyl (C=O) groups is 1. The zero-order chi connectivity index (χ0) is 19.8. The number of nitrogens with one attached hydrogen (secondary N) is 1. The summed E-state index contributed by atoms with van der Waals surface area (Å²) in [5, 5.41) is 3.39. The molecule has 0 aromatic heterocycles. The van der Waals surface area contributed by atoms with Gasteiger partial charge in [0.1, 0.15) is 0 Å². The number of benzene rings is 2. The molecule has 0 atom stereocenters. The number of carbonyl (C=O) groups excluding carboxylic acids is 1. The molecule has 0 heterocycles. The van der Waals surface area contributed by atoms with E-state index in [0.29, 0.717) is 5.56 Å². The number of halogens is 1. The van der Waals surface area contributed by atoms with E-state index in [1.807, 2.05) is 43.4 Å². The first-order valence-corrected chi connectivity index (χ1v) is 9.67. The highest BCUT2D eigenvalue weighted by molar-refractivity contribution is 9.10. The van der Waals surface area contributed by atoms with E-state index >= 15 is 0 Å². The Labute approximate surface area is 170 Å². The van der Waals surface area contributed by atoms with E-state index in [4.69, 9.17) is 0 Å². The van der Waals surface area contributed by atoms with Crippen molar-refractivity contribution in [3.63, 3.8) is 0 Å². The van der Waals surface area contributed by atoms with Crippen molar-refractivity contribution in [2.75, 3.05) is 34.7 Å². The van der Waals surface area contributed by atoms with Crippen LogP contribution in [0.2, 0.25) is 0 Å². The molecule has 0 bridgehead atoms. The van der Waals surface area contributed by atoms with Gasteiger partial charge in [0, 0.05) is 51.3 Å². The van der Waals surface area contributed by atoms with Crippen molar-refractivity contribution in [3.8, 4) is 0 Å². The normalized spacial score (nSPS) is 11.2. The quantitative estimate of drug-likeness (QED) is 0.564. The fraction of sp³-hybridized carbons (Fsp3) is 0.333. The topological polar surface area (TPSA) is 47.9 Å². The fourth-order valence-corrected chi connectivity index (χ4v) is 3.02. The molecule has 6 heteroatoms. The zero-order valence-corrected chi connectivity index (χ0v) is 18.0. The minimum Gasteiger partial charge on any atom is -0.356 e. The molecule has 144 valence electrons. The van der Waals surface area contributed by atoms with Crippen LogP contribution >= 0.6 is 15.9 Å². The van der Waals surface area contributed by atoms with Gasteiger partial charge in [0.15, 0.2) is 5.96 Å². The Morgan fingerprint density at radius 1 is 1.07 bits per heavy atom. The first kappa shape index (κ1) is 21.0. The Kier molecular flexibility index (Phi) is 7.85. The predicted molar refractivity (Wildman–Crippen MR) is 115 cm³/mol. The van der Waals surface area contributed by atoms with Gasteiger partial charge in [0.25, 0.3) is 5.91 Å². The number of hydrogen-bond donors (Lipinski definition) is 1. The minimum absolute atomic E-state index is 0.0230. The predicted octanol–water partition coefficient (Wildman–Crippen LogP) is 3.40. The molecule has 27 heavy (non-hydrogen) atoms. The summed E-state index contributed by atoms with van der Waals surface area (Å²) in [5.74, 6) is 0.869. The third kappa shape index (κ3) is 6.40. The maximum absolute atomic E-state index is 12.1. The van der Waals surface area contributed by atoms with Gasteiger partial charge in [-0.15, -0.1) is 0 Å². The van der Waals surface area contributed by atoms with E-state index in [1.165, 1.54) is 5.56 Å². The lowest BCUT2D eigenvalue weighted by Crippen LogP contribution is -2.39. The smallest absolute Gasteiger partial charge is 0.253 e. The van der Waals surface area contributed by atoms with E-state index in [9.17, 15) is 4.79 Å². The Balaban J connectivity index is 1.90. The summed E-state index contributed by atoms with van der Waals surface area (Å²) in [7, 11) is 7.34. The lowest BCUT2D eigenvalue weighted by atomic mass is 10.1. The van der Waals surface area contributed by atoms with Gasteiger partial charge in [0.05, 0.1) is 0 Å². The molecular weight excluding hydrogens is 404 g/mol. The lowest BCUT2D eigenvalue weighted by molar-refractivity contribution is 0.0827. The SMILES string of the molecule is CN=C(NCCc1cccc(C(=O)N(C)C)c1)N(C)Cc1ccc(Br)cc1. The molecule has 2 aromatic rings. The van der Waals surface area contributed by atoms with Crippen molar-refractivity contribution in [2.45, 2.75) is 13.0 Å². The number of guanidine groups is 1. The van der Waals surface area contributed by atoms with Gasteiger partial charge >= 0.3 is 0 Å². The van der Waals surface area contributed by atoms with Crippen molar-refractivity contribution in [1.82, 2.24) is 15.1 Å². The van der Waals surface area contributed by atoms with Crippen LogP contribution in [-0.2, 0) is 13.0 Å². The minimum atomic E-state index is 0.0230. The van der Waals surface area contributed by atoms with Crippen molar-refractivity contribution < 1.29 is 4.79 Å². The molecule has 1 N–H and O–H groups in total. The molecule has 2 rings (SSSR count). The average molecular weight is 431 g/mol. The van der Waals surface area contributed by atoms with Gasteiger partial charge in [-0.2, -0.15) is 0 Å². The molecule has 0 saturated heterocycles. The van der Waals surface area contributed by atoms with Crippen LogP contribution in [-0.4, -0.2) is 56.4 Å². The Morgan fingerprint density at radius 3 is 2.41 bits per heavy atom. The highest BCUT2D eigenvalue weighted by Gasteiger charge is 2.09. The average Bonchev–Trinajstić information content (AvgIpc) is 2.66. The molecule has 0 aliphatic rings. The Hall–Kier alpha value is -2.34. The second kappa shape index (κ2) is 10.1. The Bertz CT molecular complexity index is 787. The van der Waals surface area contributed by atoms with Crippen molar-refractivity contribution >= 4 is 27.8 Å². The zero-order valence-electron chi connectivity index (χ0n) is 16.4. The number of hydrogen-bond acceptors (Lipinski definition) is 2. The van der Waals surface area contributed by atoms with E-state index in [0.717, 1.165) is 35.5 Å². The van der Waals surface area contributed by atoms with Gasteiger partial charge in [-0.25, -0.2) is 0 Å². The molecule has 0 unspecified atom stereocenters. The van der Waals surface area contributed by atoms with Gasteiger partial charge in [-0.3, -0.25) is 9.79 Å². The molecule has 0 spiro atoms. The molecule has 2 aromatic carbocycles. The first-order chi connectivity index (χ1) is 12.9. The van der Waals surface area contributed by atoms with Crippen molar-refractivity contribution in [1.29, 1.82) is 0 Å². The van der Waals surface area contributed by atoms with Crippen LogP contribution in [0.4, 0.5) is 0 Å². The highest BCUT2D eigenvalue weighted by atomic mass is 79.9. The third-order valence-electron chi connectivity index (χ3n) is 4.18. The third-order valence-corrected chi connectivity index (χ3v) is 4.71. The van der Waals surface area contributed by atoms with Gasteiger partial charge < -0.3 is 15.1 Å². The van der Waals surface area contributed by atoms with Gasteiger partial charge in [0.2, 0.25) is 0 Å². The molecular formula is C21H27BrN4O. The molecule has 0 fully saturated rings.